The summed E-state index contributed by atoms with van der Waals surface area (Å²) in [6.07, 6.45) is 3.77. The maximum atomic E-state index is 8.44. The Morgan fingerprint density at radius 1 is 1.18 bits per heavy atom. The van der Waals surface area contributed by atoms with Crippen LogP contribution in [-0.4, -0.2) is 60.7 Å². The number of hydrogen-bond donors (Lipinski definition) is 2. The number of hydrogen-bond acceptors (Lipinski definition) is 7. The van der Waals surface area contributed by atoms with Gasteiger partial charge in [0.2, 0.25) is 5.95 Å². The molecule has 8 heteroatoms. The first kappa shape index (κ1) is 19.9. The fourth-order valence-electron chi connectivity index (χ4n) is 3.71. The van der Waals surface area contributed by atoms with Gasteiger partial charge >= 0.3 is 0 Å². The highest BCUT2D eigenvalue weighted by Crippen LogP contribution is 2.36. The third-order valence-corrected chi connectivity index (χ3v) is 5.41. The Morgan fingerprint density at radius 3 is 2.73 bits per heavy atom. The molecule has 0 saturated carbocycles. The maximum Gasteiger partial charge on any atom is 0.227 e. The SMILES string of the molecule is [2H]C([2H])(CN(C)C)N(C)c1cc(OC)c(Nc2nccc(-c3cn(C)c4ccccc34)n2)cc1N. The number of likely N-dealkylation sites (N-methyl/N-ethyl adjacent to an activating group) is 2. The van der Waals surface area contributed by atoms with E-state index in [4.69, 9.17) is 18.2 Å². The second-order valence-electron chi connectivity index (χ2n) is 8.13. The van der Waals surface area contributed by atoms with Gasteiger partial charge in [0.25, 0.3) is 0 Å². The van der Waals surface area contributed by atoms with Crippen LogP contribution >= 0.6 is 0 Å². The summed E-state index contributed by atoms with van der Waals surface area (Å²) < 4.78 is 24.6. The van der Waals surface area contributed by atoms with Gasteiger partial charge < -0.3 is 30.2 Å². The molecule has 0 radical (unpaired) electrons. The first-order valence-corrected chi connectivity index (χ1v) is 10.6. The minimum Gasteiger partial charge on any atom is -0.494 e. The number of aromatic nitrogens is 3. The summed E-state index contributed by atoms with van der Waals surface area (Å²) in [5.41, 5.74) is 10.8. The Hall–Kier alpha value is -3.78. The van der Waals surface area contributed by atoms with Crippen LogP contribution in [0.2, 0.25) is 0 Å². The number of ether oxygens (including phenoxy) is 1. The quantitative estimate of drug-likeness (QED) is 0.395. The van der Waals surface area contributed by atoms with Crippen LogP contribution in [0.4, 0.5) is 23.0 Å². The van der Waals surface area contributed by atoms with Crippen molar-refractivity contribution in [1.29, 1.82) is 0 Å². The molecular formula is C25H31N7O. The largest absolute Gasteiger partial charge is 0.494 e. The fourth-order valence-corrected chi connectivity index (χ4v) is 3.71. The molecule has 3 N–H and O–H groups in total. The highest BCUT2D eigenvalue weighted by molar-refractivity contribution is 5.95. The molecule has 0 unspecified atom stereocenters. The number of nitrogens with zero attached hydrogens (tertiary/aromatic N) is 5. The number of rotatable bonds is 8. The number of benzene rings is 2. The van der Waals surface area contributed by atoms with Gasteiger partial charge in [0.05, 0.1) is 32.6 Å². The number of para-hydroxylation sites is 1. The topological polar surface area (TPSA) is 84.5 Å². The lowest BCUT2D eigenvalue weighted by molar-refractivity contribution is 0.413. The number of nitrogen functional groups attached to an aromatic ring is 1. The summed E-state index contributed by atoms with van der Waals surface area (Å²) in [6.45, 7) is -1.42. The monoisotopic (exact) mass is 447 g/mol. The van der Waals surface area contributed by atoms with Gasteiger partial charge in [-0.2, -0.15) is 0 Å². The van der Waals surface area contributed by atoms with Crippen LogP contribution in [0, 0.1) is 0 Å². The Labute approximate surface area is 197 Å². The van der Waals surface area contributed by atoms with Gasteiger partial charge in [-0.3, -0.25) is 0 Å². The predicted molar refractivity (Wildman–Crippen MR) is 136 cm³/mol. The van der Waals surface area contributed by atoms with Crippen molar-refractivity contribution in [2.24, 2.45) is 7.05 Å². The van der Waals surface area contributed by atoms with Gasteiger partial charge in [0.1, 0.15) is 5.75 Å². The lowest BCUT2D eigenvalue weighted by atomic mass is 10.1. The fraction of sp³-hybridized carbons (Fsp3) is 0.280. The van der Waals surface area contributed by atoms with Gasteiger partial charge in [0.15, 0.2) is 0 Å². The summed E-state index contributed by atoms with van der Waals surface area (Å²) >= 11 is 0. The minimum atomic E-state index is -1.63. The molecule has 33 heavy (non-hydrogen) atoms. The molecule has 0 aliphatic carbocycles. The van der Waals surface area contributed by atoms with Gasteiger partial charge in [0, 0.05) is 62.1 Å². The van der Waals surface area contributed by atoms with E-state index in [1.165, 1.54) is 4.90 Å². The third kappa shape index (κ3) is 4.70. The minimum absolute atomic E-state index is 0.208. The first-order valence-electron chi connectivity index (χ1n) is 11.6. The Kier molecular flexibility index (Phi) is 5.65. The molecule has 0 aliphatic rings. The van der Waals surface area contributed by atoms with E-state index in [2.05, 4.69) is 33.2 Å². The van der Waals surface area contributed by atoms with Crippen molar-refractivity contribution in [3.8, 4) is 17.0 Å². The molecule has 8 nitrogen and oxygen atoms in total. The average Bonchev–Trinajstić information content (AvgIpc) is 3.15. The highest BCUT2D eigenvalue weighted by atomic mass is 16.5. The number of fused-ring (bicyclic) bond motifs is 1. The Bertz CT molecular complexity index is 1350. The van der Waals surface area contributed by atoms with Crippen molar-refractivity contribution in [2.75, 3.05) is 57.2 Å². The number of nitrogens with two attached hydrogens (primary N) is 1. The van der Waals surface area contributed by atoms with Crippen molar-refractivity contribution in [3.05, 3.63) is 54.9 Å². The summed E-state index contributed by atoms with van der Waals surface area (Å²) in [5, 5.41) is 4.32. The molecule has 0 aliphatic heterocycles. The van der Waals surface area contributed by atoms with E-state index in [9.17, 15) is 0 Å². The number of anilines is 4. The van der Waals surface area contributed by atoms with Gasteiger partial charge in [-0.15, -0.1) is 0 Å². The molecule has 0 atom stereocenters. The molecule has 2 heterocycles. The summed E-state index contributed by atoms with van der Waals surface area (Å²) in [7, 11) is 8.91. The van der Waals surface area contributed by atoms with Gasteiger partial charge in [-0.05, 0) is 32.3 Å². The number of aryl methyl sites for hydroxylation is 1. The third-order valence-electron chi connectivity index (χ3n) is 5.41. The lowest BCUT2D eigenvalue weighted by Gasteiger charge is -2.24. The van der Waals surface area contributed by atoms with Gasteiger partial charge in [-0.25, -0.2) is 9.97 Å². The second kappa shape index (κ2) is 9.38. The van der Waals surface area contributed by atoms with Gasteiger partial charge in [-0.1, -0.05) is 18.2 Å². The molecule has 172 valence electrons. The molecule has 0 spiro atoms. The standard InChI is InChI=1S/C25H31N7O/c1-30(2)12-13-31(3)23-15-24(33-5)21(14-19(23)26)29-25-27-11-10-20(28-25)18-16-32(4)22-9-7-6-8-17(18)22/h6-11,14-16H,12-13,26H2,1-5H3,(H,27,28,29)/i13D2. The van der Waals surface area contributed by atoms with Crippen molar-refractivity contribution < 1.29 is 7.48 Å². The molecule has 2 aromatic carbocycles. The Balaban J connectivity index is 1.66. The summed E-state index contributed by atoms with van der Waals surface area (Å²) in [4.78, 5) is 12.4. The van der Waals surface area contributed by atoms with Crippen LogP contribution in [0.1, 0.15) is 2.74 Å². The highest BCUT2D eigenvalue weighted by Gasteiger charge is 2.15. The average molecular weight is 448 g/mol. The van der Waals surface area contributed by atoms with E-state index in [0.29, 0.717) is 28.8 Å². The summed E-state index contributed by atoms with van der Waals surface area (Å²) in [5.74, 6) is 0.901. The predicted octanol–water partition coefficient (Wildman–Crippen LogP) is 3.97. The molecule has 2 aromatic heterocycles. The van der Waals surface area contributed by atoms with Crippen molar-refractivity contribution in [3.63, 3.8) is 0 Å². The van der Waals surface area contributed by atoms with Crippen LogP contribution < -0.4 is 20.7 Å². The second-order valence-corrected chi connectivity index (χ2v) is 8.13. The van der Waals surface area contributed by atoms with Crippen molar-refractivity contribution in [2.45, 2.75) is 0 Å². The normalized spacial score (nSPS) is 12.5. The number of methoxy groups -OCH3 is 1. The molecule has 4 rings (SSSR count). The van der Waals surface area contributed by atoms with E-state index in [1.54, 1.807) is 37.4 Å². The van der Waals surface area contributed by atoms with Crippen molar-refractivity contribution >= 4 is 33.9 Å². The van der Waals surface area contributed by atoms with E-state index in [-0.39, 0.29) is 6.54 Å². The Morgan fingerprint density at radius 2 is 1.97 bits per heavy atom. The smallest absolute Gasteiger partial charge is 0.227 e. The molecule has 4 aromatic rings. The molecule has 0 saturated heterocycles. The summed E-state index contributed by atoms with van der Waals surface area (Å²) in [6, 6.07) is 13.5. The lowest BCUT2D eigenvalue weighted by Crippen LogP contribution is -2.29. The molecule has 0 amide bonds. The van der Waals surface area contributed by atoms with Crippen LogP contribution in [0.5, 0.6) is 5.75 Å². The van der Waals surface area contributed by atoms with Crippen LogP contribution in [-0.2, 0) is 7.05 Å². The maximum absolute atomic E-state index is 8.44. The van der Waals surface area contributed by atoms with Crippen LogP contribution in [0.25, 0.3) is 22.2 Å². The van der Waals surface area contributed by atoms with E-state index < -0.39 is 6.50 Å². The number of nitrogens with one attached hydrogen (secondary N) is 1. The van der Waals surface area contributed by atoms with Crippen LogP contribution in [0.15, 0.2) is 54.9 Å². The first-order chi connectivity index (χ1) is 16.6. The van der Waals surface area contributed by atoms with E-state index in [1.807, 2.05) is 39.3 Å². The zero-order chi connectivity index (χ0) is 25.3. The van der Waals surface area contributed by atoms with Crippen LogP contribution in [0.3, 0.4) is 0 Å². The molecule has 0 fully saturated rings. The van der Waals surface area contributed by atoms with E-state index in [0.717, 1.165) is 22.2 Å². The van der Waals surface area contributed by atoms with E-state index >= 15 is 0 Å². The molecule has 0 bridgehead atoms. The van der Waals surface area contributed by atoms with Crippen molar-refractivity contribution in [1.82, 2.24) is 19.4 Å². The zero-order valence-electron chi connectivity index (χ0n) is 21.6. The molecular weight excluding hydrogens is 414 g/mol. The zero-order valence-corrected chi connectivity index (χ0v) is 19.6.